The van der Waals surface area contributed by atoms with Crippen molar-refractivity contribution >= 4 is 17.7 Å². The summed E-state index contributed by atoms with van der Waals surface area (Å²) in [5.41, 5.74) is 0. The van der Waals surface area contributed by atoms with Gasteiger partial charge in [-0.2, -0.15) is 0 Å². The first kappa shape index (κ1) is 5.04. The molecule has 0 amide bonds. The van der Waals surface area contributed by atoms with Gasteiger partial charge in [0, 0.05) is 5.92 Å². The second kappa shape index (κ2) is 1.78. The molecule has 0 aromatic heterocycles. The minimum atomic E-state index is -0.0359. The van der Waals surface area contributed by atoms with Gasteiger partial charge in [-0.15, -0.1) is 0 Å². The Hall–Kier alpha value is -0.110. The Bertz CT molecular complexity index is 86.1. The van der Waals surface area contributed by atoms with Crippen molar-refractivity contribution in [2.75, 3.05) is 0 Å². The van der Waals surface area contributed by atoms with E-state index < -0.39 is 0 Å². The number of carbonyl (C=O) groups excluding carboxylic acids is 1. The molecule has 0 aliphatic heterocycles. The summed E-state index contributed by atoms with van der Waals surface area (Å²) in [6.45, 7) is 0. The maximum atomic E-state index is 10.2. The van der Waals surface area contributed by atoms with Crippen LogP contribution in [0.1, 0.15) is 19.3 Å². The molecule has 0 saturated heterocycles. The van der Waals surface area contributed by atoms with Crippen LogP contribution in [-0.2, 0) is 4.79 Å². The first-order valence-electron chi connectivity index (χ1n) is 2.51. The van der Waals surface area contributed by atoms with E-state index in [2.05, 4.69) is 12.6 Å². The van der Waals surface area contributed by atoms with Crippen molar-refractivity contribution in [1.29, 1.82) is 0 Å². The van der Waals surface area contributed by atoms with Crippen molar-refractivity contribution < 1.29 is 4.79 Å². The molecule has 0 unspecified atom stereocenters. The summed E-state index contributed by atoms with van der Waals surface area (Å²) in [5, 5.41) is -0.0359. The van der Waals surface area contributed by atoms with E-state index >= 15 is 0 Å². The van der Waals surface area contributed by atoms with E-state index in [0.717, 1.165) is 12.8 Å². The zero-order valence-corrected chi connectivity index (χ0v) is 4.83. The molecule has 2 heteroatoms. The van der Waals surface area contributed by atoms with Gasteiger partial charge in [0.2, 0.25) is 5.12 Å². The van der Waals surface area contributed by atoms with E-state index in [1.807, 2.05) is 0 Å². The summed E-state index contributed by atoms with van der Waals surface area (Å²) in [4.78, 5) is 10.2. The van der Waals surface area contributed by atoms with Gasteiger partial charge in [0.25, 0.3) is 0 Å². The molecule has 1 radical (unpaired) electrons. The van der Waals surface area contributed by atoms with Gasteiger partial charge in [-0.3, -0.25) is 4.79 Å². The number of carbonyl (C=O) groups is 1. The SMILES string of the molecule is O=C([S])C1CCC1. The molecule has 39 valence electrons. The quantitative estimate of drug-likeness (QED) is 0.506. The Morgan fingerprint density at radius 1 is 1.57 bits per heavy atom. The lowest BCUT2D eigenvalue weighted by molar-refractivity contribution is -0.116. The lowest BCUT2D eigenvalue weighted by Crippen LogP contribution is -2.16. The Morgan fingerprint density at radius 2 is 2.14 bits per heavy atom. The van der Waals surface area contributed by atoms with Crippen molar-refractivity contribution in [2.24, 2.45) is 5.92 Å². The predicted molar refractivity (Wildman–Crippen MR) is 29.9 cm³/mol. The lowest BCUT2D eigenvalue weighted by Gasteiger charge is -2.19. The summed E-state index contributed by atoms with van der Waals surface area (Å²) in [7, 11) is 0. The summed E-state index contributed by atoms with van der Waals surface area (Å²) >= 11 is 4.41. The highest BCUT2D eigenvalue weighted by Gasteiger charge is 2.22. The molecule has 1 fully saturated rings. The van der Waals surface area contributed by atoms with Gasteiger partial charge in [0.05, 0.1) is 0 Å². The monoisotopic (exact) mass is 115 g/mol. The second-order valence-electron chi connectivity index (χ2n) is 1.95. The van der Waals surface area contributed by atoms with Crippen LogP contribution in [0.15, 0.2) is 0 Å². The maximum Gasteiger partial charge on any atom is 0.221 e. The van der Waals surface area contributed by atoms with E-state index in [1.165, 1.54) is 6.42 Å². The van der Waals surface area contributed by atoms with Crippen molar-refractivity contribution in [3.8, 4) is 0 Å². The van der Waals surface area contributed by atoms with E-state index in [1.54, 1.807) is 0 Å². The highest BCUT2D eigenvalue weighted by Crippen LogP contribution is 2.27. The van der Waals surface area contributed by atoms with Gasteiger partial charge in [-0.1, -0.05) is 6.42 Å². The zero-order valence-electron chi connectivity index (χ0n) is 4.02. The molecular weight excluding hydrogens is 108 g/mol. The van der Waals surface area contributed by atoms with Crippen LogP contribution in [0.5, 0.6) is 0 Å². The fourth-order valence-corrected chi connectivity index (χ4v) is 0.880. The molecule has 0 aromatic rings. The molecule has 1 aliphatic rings. The van der Waals surface area contributed by atoms with Gasteiger partial charge in [0.1, 0.15) is 0 Å². The normalized spacial score (nSPS) is 21.1. The summed E-state index contributed by atoms with van der Waals surface area (Å²) in [6.07, 6.45) is 3.29. The molecule has 0 bridgehead atoms. The third-order valence-corrected chi connectivity index (χ3v) is 1.77. The van der Waals surface area contributed by atoms with E-state index in [4.69, 9.17) is 0 Å². The van der Waals surface area contributed by atoms with Crippen molar-refractivity contribution in [1.82, 2.24) is 0 Å². The summed E-state index contributed by atoms with van der Waals surface area (Å²) in [5.74, 6) is 0.259. The molecule has 1 rings (SSSR count). The number of rotatable bonds is 1. The Morgan fingerprint density at radius 3 is 2.14 bits per heavy atom. The molecule has 0 atom stereocenters. The fourth-order valence-electron chi connectivity index (χ4n) is 0.644. The molecule has 1 nitrogen and oxygen atoms in total. The van der Waals surface area contributed by atoms with Crippen LogP contribution in [0.3, 0.4) is 0 Å². The predicted octanol–water partition coefficient (Wildman–Crippen LogP) is 1.51. The van der Waals surface area contributed by atoms with Crippen LogP contribution in [-0.4, -0.2) is 5.12 Å². The molecule has 0 aromatic carbocycles. The van der Waals surface area contributed by atoms with Crippen LogP contribution < -0.4 is 0 Å². The van der Waals surface area contributed by atoms with Gasteiger partial charge in [-0.25, -0.2) is 0 Å². The van der Waals surface area contributed by atoms with Crippen LogP contribution in [0.4, 0.5) is 0 Å². The van der Waals surface area contributed by atoms with Gasteiger partial charge < -0.3 is 0 Å². The smallest absolute Gasteiger partial charge is 0.221 e. The maximum absolute atomic E-state index is 10.2. The first-order valence-corrected chi connectivity index (χ1v) is 2.92. The average Bonchev–Trinajstić information content (AvgIpc) is 1.23. The van der Waals surface area contributed by atoms with E-state index in [9.17, 15) is 4.79 Å². The zero-order chi connectivity index (χ0) is 5.28. The number of hydrogen-bond donors (Lipinski definition) is 0. The second-order valence-corrected chi connectivity index (χ2v) is 2.35. The van der Waals surface area contributed by atoms with E-state index in [0.29, 0.717) is 0 Å². The standard InChI is InChI=1S/C5H7OS/c6-5(7)4-2-1-3-4/h4H,1-3H2. The van der Waals surface area contributed by atoms with Crippen molar-refractivity contribution in [3.63, 3.8) is 0 Å². The highest BCUT2D eigenvalue weighted by atomic mass is 32.1. The van der Waals surface area contributed by atoms with Gasteiger partial charge in [-0.05, 0) is 25.5 Å². The summed E-state index contributed by atoms with van der Waals surface area (Å²) < 4.78 is 0. The Labute approximate surface area is 48.5 Å². The van der Waals surface area contributed by atoms with Crippen molar-refractivity contribution in [3.05, 3.63) is 0 Å². The van der Waals surface area contributed by atoms with Crippen molar-refractivity contribution in [2.45, 2.75) is 19.3 Å². The molecule has 0 N–H and O–H groups in total. The molecule has 0 spiro atoms. The van der Waals surface area contributed by atoms with Crippen LogP contribution in [0.2, 0.25) is 0 Å². The summed E-state index contributed by atoms with van der Waals surface area (Å²) in [6, 6.07) is 0. The number of hydrogen-bond acceptors (Lipinski definition) is 1. The highest BCUT2D eigenvalue weighted by molar-refractivity contribution is 7.96. The molecule has 1 aliphatic carbocycles. The van der Waals surface area contributed by atoms with Gasteiger partial charge in [0.15, 0.2) is 0 Å². The molecule has 0 heterocycles. The molecular formula is C5H7OS. The fraction of sp³-hybridized carbons (Fsp3) is 0.800. The average molecular weight is 115 g/mol. The third-order valence-electron chi connectivity index (χ3n) is 1.44. The Kier molecular flexibility index (Phi) is 1.28. The van der Waals surface area contributed by atoms with E-state index in [-0.39, 0.29) is 11.0 Å². The first-order chi connectivity index (χ1) is 3.30. The Balaban J connectivity index is 2.27. The van der Waals surface area contributed by atoms with Gasteiger partial charge >= 0.3 is 0 Å². The minimum absolute atomic E-state index is 0.0359. The third kappa shape index (κ3) is 0.911. The lowest BCUT2D eigenvalue weighted by atomic mass is 9.87. The molecule has 7 heavy (non-hydrogen) atoms. The van der Waals surface area contributed by atoms with Crippen LogP contribution >= 0.6 is 12.6 Å². The minimum Gasteiger partial charge on any atom is -0.282 e. The van der Waals surface area contributed by atoms with Crippen LogP contribution in [0.25, 0.3) is 0 Å². The topological polar surface area (TPSA) is 17.1 Å². The largest absolute Gasteiger partial charge is 0.282 e. The molecule has 1 saturated carbocycles. The van der Waals surface area contributed by atoms with Crippen LogP contribution in [0, 0.1) is 5.92 Å².